The summed E-state index contributed by atoms with van der Waals surface area (Å²) in [6.45, 7) is 2.11. The number of nitrogens with zero attached hydrogens (tertiary/aromatic N) is 2. The average Bonchev–Trinajstić information content (AvgIpc) is 3.22. The maximum Gasteiger partial charge on any atom is 0.276 e. The third-order valence-corrected chi connectivity index (χ3v) is 5.93. The van der Waals surface area contributed by atoms with E-state index in [1.807, 2.05) is 65.0 Å². The molecule has 0 radical (unpaired) electrons. The van der Waals surface area contributed by atoms with Gasteiger partial charge in [-0.25, -0.2) is 0 Å². The summed E-state index contributed by atoms with van der Waals surface area (Å²) in [7, 11) is 3.62. The van der Waals surface area contributed by atoms with Gasteiger partial charge in [0.05, 0.1) is 13.2 Å². The standard InChI is InChI=1S/C25H22N2O2/c1-16-8-4-5-9-19(16)23-22-20-10-6-7-11-21(20)26(2)24(22)25(28)27(23)17-12-14-18(29-3)15-13-17/h4-15,23H,1-3H3. The number of hydrogen-bond acceptors (Lipinski definition) is 2. The molecule has 4 aromatic rings. The Balaban J connectivity index is 1.79. The number of ether oxygens (including phenoxy) is 1. The molecule has 1 aromatic heterocycles. The lowest BCUT2D eigenvalue weighted by Crippen LogP contribution is -2.30. The molecule has 4 nitrogen and oxygen atoms in total. The van der Waals surface area contributed by atoms with E-state index < -0.39 is 0 Å². The van der Waals surface area contributed by atoms with Crippen molar-refractivity contribution < 1.29 is 9.53 Å². The number of aromatic nitrogens is 1. The second kappa shape index (κ2) is 6.52. The summed E-state index contributed by atoms with van der Waals surface area (Å²) in [6.07, 6.45) is 0. The first-order valence-corrected chi connectivity index (χ1v) is 9.72. The predicted octanol–water partition coefficient (Wildman–Crippen LogP) is 5.25. The maximum atomic E-state index is 13.7. The Bertz CT molecular complexity index is 1240. The van der Waals surface area contributed by atoms with Crippen LogP contribution in [0.1, 0.15) is 33.2 Å². The Kier molecular flexibility index (Phi) is 3.95. The summed E-state index contributed by atoms with van der Waals surface area (Å²) in [5.74, 6) is 0.799. The monoisotopic (exact) mass is 382 g/mol. The number of amides is 1. The molecule has 2 heterocycles. The fourth-order valence-corrected chi connectivity index (χ4v) is 4.52. The maximum absolute atomic E-state index is 13.7. The molecule has 1 unspecified atom stereocenters. The van der Waals surface area contributed by atoms with Gasteiger partial charge in [0, 0.05) is 29.2 Å². The molecule has 5 rings (SSSR count). The van der Waals surface area contributed by atoms with Crippen molar-refractivity contribution >= 4 is 22.5 Å². The Hall–Kier alpha value is -3.53. The molecular weight excluding hydrogens is 360 g/mol. The van der Waals surface area contributed by atoms with E-state index in [1.54, 1.807) is 7.11 Å². The Labute approximate surface area is 170 Å². The normalized spacial score (nSPS) is 15.8. The Morgan fingerprint density at radius 2 is 1.59 bits per heavy atom. The third-order valence-electron chi connectivity index (χ3n) is 5.93. The van der Waals surface area contributed by atoms with Gasteiger partial charge in [-0.15, -0.1) is 0 Å². The van der Waals surface area contributed by atoms with Crippen LogP contribution in [0.5, 0.6) is 5.75 Å². The summed E-state index contributed by atoms with van der Waals surface area (Å²) in [5.41, 5.74) is 6.10. The number of methoxy groups -OCH3 is 1. The Morgan fingerprint density at radius 1 is 0.897 bits per heavy atom. The molecule has 1 amide bonds. The van der Waals surface area contributed by atoms with E-state index in [1.165, 1.54) is 5.56 Å². The first kappa shape index (κ1) is 17.6. The lowest BCUT2D eigenvalue weighted by molar-refractivity contribution is 0.0986. The number of carbonyl (C=O) groups excluding carboxylic acids is 1. The largest absolute Gasteiger partial charge is 0.497 e. The van der Waals surface area contributed by atoms with Crippen LogP contribution in [0.4, 0.5) is 5.69 Å². The SMILES string of the molecule is COc1ccc(N2C(=O)c3c(c4ccccc4n3C)C2c2ccccc2C)cc1. The van der Waals surface area contributed by atoms with Gasteiger partial charge in [-0.3, -0.25) is 9.69 Å². The number of anilines is 1. The molecule has 144 valence electrons. The molecule has 0 fully saturated rings. The van der Waals surface area contributed by atoms with Gasteiger partial charge in [0.15, 0.2) is 0 Å². The molecule has 1 aliphatic rings. The lowest BCUT2D eigenvalue weighted by atomic mass is 9.94. The molecule has 3 aromatic carbocycles. The molecule has 0 N–H and O–H groups in total. The molecule has 0 saturated carbocycles. The van der Waals surface area contributed by atoms with Gasteiger partial charge in [-0.1, -0.05) is 42.5 Å². The van der Waals surface area contributed by atoms with Crippen LogP contribution in [0.3, 0.4) is 0 Å². The summed E-state index contributed by atoms with van der Waals surface area (Å²) in [6, 6.07) is 24.1. The molecule has 0 spiro atoms. The van der Waals surface area contributed by atoms with Crippen LogP contribution in [0.2, 0.25) is 0 Å². The number of aryl methyl sites for hydroxylation is 2. The predicted molar refractivity (Wildman–Crippen MR) is 116 cm³/mol. The summed E-state index contributed by atoms with van der Waals surface area (Å²) < 4.78 is 7.33. The minimum Gasteiger partial charge on any atom is -0.497 e. The van der Waals surface area contributed by atoms with Crippen LogP contribution in [0.25, 0.3) is 10.9 Å². The summed E-state index contributed by atoms with van der Waals surface area (Å²) in [5, 5.41) is 1.13. The molecule has 29 heavy (non-hydrogen) atoms. The topological polar surface area (TPSA) is 34.5 Å². The van der Waals surface area contributed by atoms with Gasteiger partial charge in [0.1, 0.15) is 11.4 Å². The minimum atomic E-state index is -0.168. The van der Waals surface area contributed by atoms with Crippen molar-refractivity contribution in [3.8, 4) is 5.75 Å². The van der Waals surface area contributed by atoms with Crippen LogP contribution < -0.4 is 9.64 Å². The zero-order valence-corrected chi connectivity index (χ0v) is 16.7. The molecule has 0 saturated heterocycles. The zero-order chi connectivity index (χ0) is 20.1. The molecule has 1 atom stereocenters. The highest BCUT2D eigenvalue weighted by molar-refractivity contribution is 6.15. The van der Waals surface area contributed by atoms with Gasteiger partial charge in [-0.05, 0) is 48.4 Å². The first-order chi connectivity index (χ1) is 14.1. The van der Waals surface area contributed by atoms with Crippen LogP contribution in [-0.4, -0.2) is 17.6 Å². The second-order valence-electron chi connectivity index (χ2n) is 7.47. The van der Waals surface area contributed by atoms with E-state index in [4.69, 9.17) is 4.74 Å². The Morgan fingerprint density at radius 3 is 2.31 bits per heavy atom. The molecule has 4 heteroatoms. The second-order valence-corrected chi connectivity index (χ2v) is 7.47. The molecular formula is C25H22N2O2. The van der Waals surface area contributed by atoms with E-state index in [9.17, 15) is 4.79 Å². The van der Waals surface area contributed by atoms with E-state index >= 15 is 0 Å². The van der Waals surface area contributed by atoms with Crippen molar-refractivity contribution in [2.45, 2.75) is 13.0 Å². The van der Waals surface area contributed by atoms with E-state index in [0.29, 0.717) is 0 Å². The number of hydrogen-bond donors (Lipinski definition) is 0. The average molecular weight is 382 g/mol. The van der Waals surface area contributed by atoms with Crippen molar-refractivity contribution in [2.75, 3.05) is 12.0 Å². The van der Waals surface area contributed by atoms with E-state index in [2.05, 4.69) is 31.2 Å². The first-order valence-electron chi connectivity index (χ1n) is 9.72. The highest BCUT2D eigenvalue weighted by atomic mass is 16.5. The highest BCUT2D eigenvalue weighted by Gasteiger charge is 2.43. The van der Waals surface area contributed by atoms with Crippen molar-refractivity contribution in [1.82, 2.24) is 4.57 Å². The number of para-hydroxylation sites is 1. The van der Waals surface area contributed by atoms with Crippen molar-refractivity contribution in [3.05, 3.63) is 95.2 Å². The van der Waals surface area contributed by atoms with Crippen LogP contribution in [-0.2, 0) is 7.05 Å². The number of carbonyl (C=O) groups is 1. The zero-order valence-electron chi connectivity index (χ0n) is 16.7. The number of rotatable bonds is 3. The number of benzene rings is 3. The fourth-order valence-electron chi connectivity index (χ4n) is 4.52. The van der Waals surface area contributed by atoms with Gasteiger partial charge < -0.3 is 9.30 Å². The van der Waals surface area contributed by atoms with Crippen LogP contribution >= 0.6 is 0 Å². The van der Waals surface area contributed by atoms with E-state index in [-0.39, 0.29) is 11.9 Å². The molecule has 0 bridgehead atoms. The van der Waals surface area contributed by atoms with Gasteiger partial charge in [-0.2, -0.15) is 0 Å². The van der Waals surface area contributed by atoms with Gasteiger partial charge in [0.2, 0.25) is 0 Å². The third kappa shape index (κ3) is 2.49. The van der Waals surface area contributed by atoms with Crippen LogP contribution in [0.15, 0.2) is 72.8 Å². The lowest BCUT2D eigenvalue weighted by Gasteiger charge is -2.27. The molecule has 1 aliphatic heterocycles. The number of fused-ring (bicyclic) bond motifs is 3. The smallest absolute Gasteiger partial charge is 0.276 e. The van der Waals surface area contributed by atoms with Crippen molar-refractivity contribution in [2.24, 2.45) is 7.05 Å². The van der Waals surface area contributed by atoms with E-state index in [0.717, 1.165) is 39.2 Å². The van der Waals surface area contributed by atoms with Gasteiger partial charge in [0.25, 0.3) is 5.91 Å². The fraction of sp³-hybridized carbons (Fsp3) is 0.160. The van der Waals surface area contributed by atoms with Crippen molar-refractivity contribution in [1.29, 1.82) is 0 Å². The minimum absolute atomic E-state index is 0.0251. The van der Waals surface area contributed by atoms with Crippen molar-refractivity contribution in [3.63, 3.8) is 0 Å². The highest BCUT2D eigenvalue weighted by Crippen LogP contribution is 2.46. The molecule has 0 aliphatic carbocycles. The summed E-state index contributed by atoms with van der Waals surface area (Å²) >= 11 is 0. The van der Waals surface area contributed by atoms with Gasteiger partial charge >= 0.3 is 0 Å². The summed E-state index contributed by atoms with van der Waals surface area (Å²) in [4.78, 5) is 15.6. The quantitative estimate of drug-likeness (QED) is 0.485. The van der Waals surface area contributed by atoms with Crippen LogP contribution in [0, 0.1) is 6.92 Å².